The van der Waals surface area contributed by atoms with Crippen molar-refractivity contribution in [2.45, 2.75) is 11.0 Å². The third kappa shape index (κ3) is 3.84. The normalized spacial score (nSPS) is 15.3. The average molecular weight is 490 g/mol. The number of aromatic nitrogens is 4. The molecular formula is C25H23N5O2S2. The van der Waals surface area contributed by atoms with Gasteiger partial charge in [-0.1, -0.05) is 24.3 Å². The first kappa shape index (κ1) is 21.5. The van der Waals surface area contributed by atoms with Crippen LogP contribution in [0, 0.1) is 0 Å². The minimum atomic E-state index is -0.714. The lowest BCUT2D eigenvalue weighted by molar-refractivity contribution is 0.122. The summed E-state index contributed by atoms with van der Waals surface area (Å²) in [5.74, 6) is 1.55. The van der Waals surface area contributed by atoms with E-state index in [0.29, 0.717) is 19.0 Å². The van der Waals surface area contributed by atoms with Gasteiger partial charge < -0.3 is 14.7 Å². The number of ether oxygens (including phenoxy) is 1. The van der Waals surface area contributed by atoms with Gasteiger partial charge in [0, 0.05) is 33.8 Å². The minimum Gasteiger partial charge on any atom is -0.383 e. The maximum absolute atomic E-state index is 11.2. The molecule has 0 saturated carbocycles. The molecule has 0 bridgehead atoms. The number of nitrogens with zero attached hydrogens (tertiary/aromatic N) is 4. The second kappa shape index (κ2) is 8.99. The lowest BCUT2D eigenvalue weighted by Gasteiger charge is -2.28. The molecule has 6 rings (SSSR count). The van der Waals surface area contributed by atoms with Crippen LogP contribution in [0.25, 0.3) is 32.5 Å². The van der Waals surface area contributed by atoms with E-state index in [4.69, 9.17) is 14.7 Å². The number of morpholine rings is 1. The van der Waals surface area contributed by atoms with E-state index in [-0.39, 0.29) is 0 Å². The maximum Gasteiger partial charge on any atom is 0.162 e. The molecule has 3 aromatic heterocycles. The first-order valence-electron chi connectivity index (χ1n) is 11.1. The van der Waals surface area contributed by atoms with Crippen LogP contribution in [0.3, 0.4) is 0 Å². The Hall–Kier alpha value is -2.98. The van der Waals surface area contributed by atoms with Crippen LogP contribution in [0.1, 0.15) is 16.5 Å². The van der Waals surface area contributed by atoms with E-state index in [1.54, 1.807) is 23.1 Å². The van der Waals surface area contributed by atoms with Gasteiger partial charge in [0.05, 0.1) is 35.1 Å². The molecule has 1 atom stereocenters. The van der Waals surface area contributed by atoms with Crippen LogP contribution in [-0.2, 0) is 4.74 Å². The summed E-state index contributed by atoms with van der Waals surface area (Å²) >= 11 is 3.25. The number of nitrogens with one attached hydrogen (secondary N) is 1. The van der Waals surface area contributed by atoms with E-state index in [0.717, 1.165) is 56.0 Å². The summed E-state index contributed by atoms with van der Waals surface area (Å²) in [5, 5.41) is 19.4. The van der Waals surface area contributed by atoms with Crippen LogP contribution in [0.5, 0.6) is 0 Å². The summed E-state index contributed by atoms with van der Waals surface area (Å²) < 4.78 is 6.57. The molecule has 0 spiro atoms. The number of hydrogen-bond acceptors (Lipinski definition) is 8. The van der Waals surface area contributed by atoms with E-state index in [2.05, 4.69) is 15.1 Å². The van der Waals surface area contributed by atoms with E-state index >= 15 is 0 Å². The molecule has 34 heavy (non-hydrogen) atoms. The molecule has 0 radical (unpaired) electrons. The predicted molar refractivity (Wildman–Crippen MR) is 138 cm³/mol. The lowest BCUT2D eigenvalue weighted by atomic mass is 10.1. The number of anilines is 1. The number of aliphatic hydroxyl groups is 1. The highest BCUT2D eigenvalue weighted by Gasteiger charge is 2.23. The Morgan fingerprint density at radius 1 is 1.12 bits per heavy atom. The zero-order valence-corrected chi connectivity index (χ0v) is 20.2. The Labute approximate surface area is 204 Å². The van der Waals surface area contributed by atoms with E-state index in [1.165, 1.54) is 4.90 Å². The molecule has 4 heterocycles. The molecule has 2 aromatic carbocycles. The van der Waals surface area contributed by atoms with Gasteiger partial charge in [-0.15, -0.1) is 23.1 Å². The summed E-state index contributed by atoms with van der Waals surface area (Å²) in [4.78, 5) is 14.3. The number of aliphatic hydroxyl groups excluding tert-OH is 1. The molecule has 1 saturated heterocycles. The van der Waals surface area contributed by atoms with Gasteiger partial charge in [0.25, 0.3) is 0 Å². The van der Waals surface area contributed by atoms with Crippen molar-refractivity contribution in [3.63, 3.8) is 0 Å². The second-order valence-electron chi connectivity index (χ2n) is 8.15. The number of rotatable bonds is 5. The second-order valence-corrected chi connectivity index (χ2v) is 10.1. The zero-order chi connectivity index (χ0) is 23.1. The Kier molecular flexibility index (Phi) is 5.70. The number of fused-ring (bicyclic) bond motifs is 2. The Balaban J connectivity index is 1.49. The van der Waals surface area contributed by atoms with Gasteiger partial charge in [-0.2, -0.15) is 5.10 Å². The molecule has 0 aliphatic carbocycles. The van der Waals surface area contributed by atoms with Crippen LogP contribution in [0.4, 0.5) is 5.82 Å². The van der Waals surface area contributed by atoms with Crippen molar-refractivity contribution in [3.8, 4) is 11.4 Å². The Morgan fingerprint density at radius 3 is 2.74 bits per heavy atom. The molecule has 1 aliphatic rings. The fourth-order valence-corrected chi connectivity index (χ4v) is 5.83. The first-order chi connectivity index (χ1) is 16.7. The van der Waals surface area contributed by atoms with Crippen LogP contribution < -0.4 is 4.90 Å². The number of thiophene rings is 1. The van der Waals surface area contributed by atoms with Crippen molar-refractivity contribution in [1.29, 1.82) is 0 Å². The smallest absolute Gasteiger partial charge is 0.162 e. The average Bonchev–Trinajstić information content (AvgIpc) is 3.55. The number of benzene rings is 2. The van der Waals surface area contributed by atoms with Gasteiger partial charge in [-0.05, 0) is 36.1 Å². The molecular weight excluding hydrogens is 466 g/mol. The third-order valence-corrected chi connectivity index (χ3v) is 8.03. The molecule has 7 nitrogen and oxygen atoms in total. The molecule has 172 valence electrons. The van der Waals surface area contributed by atoms with Gasteiger partial charge >= 0.3 is 0 Å². The zero-order valence-electron chi connectivity index (χ0n) is 18.6. The van der Waals surface area contributed by atoms with Crippen LogP contribution in [0.15, 0.2) is 59.6 Å². The largest absolute Gasteiger partial charge is 0.383 e. The highest BCUT2D eigenvalue weighted by molar-refractivity contribution is 7.98. The minimum absolute atomic E-state index is 0.657. The molecule has 2 N–H and O–H groups in total. The molecule has 1 aliphatic heterocycles. The summed E-state index contributed by atoms with van der Waals surface area (Å²) in [6.07, 6.45) is 3.15. The van der Waals surface area contributed by atoms with Gasteiger partial charge in [0.1, 0.15) is 6.10 Å². The number of H-pyrrole nitrogens is 1. The SMILES string of the molecule is CSc1ccc(C(O)c2cc3nc(-c4cccc5[nH]ncc45)nc(N4CCOCC4)c3s2)cc1. The van der Waals surface area contributed by atoms with Crippen molar-refractivity contribution in [2.24, 2.45) is 0 Å². The monoisotopic (exact) mass is 489 g/mol. The Morgan fingerprint density at radius 2 is 1.94 bits per heavy atom. The van der Waals surface area contributed by atoms with Gasteiger partial charge in [0.2, 0.25) is 0 Å². The van der Waals surface area contributed by atoms with E-state index in [1.807, 2.05) is 61.0 Å². The fourth-order valence-electron chi connectivity index (χ4n) is 4.29. The molecule has 1 fully saturated rings. The van der Waals surface area contributed by atoms with Crippen LogP contribution >= 0.6 is 23.1 Å². The van der Waals surface area contributed by atoms with Crippen molar-refractivity contribution in [3.05, 3.63) is 65.2 Å². The molecule has 9 heteroatoms. The maximum atomic E-state index is 11.2. The summed E-state index contributed by atoms with van der Waals surface area (Å²) in [5.41, 5.74) is 3.59. The van der Waals surface area contributed by atoms with Gasteiger partial charge in [0.15, 0.2) is 11.6 Å². The number of aromatic amines is 1. The van der Waals surface area contributed by atoms with E-state index < -0.39 is 6.10 Å². The molecule has 1 unspecified atom stereocenters. The van der Waals surface area contributed by atoms with Crippen molar-refractivity contribution >= 4 is 50.0 Å². The highest BCUT2D eigenvalue weighted by Crippen LogP contribution is 2.39. The number of thioether (sulfide) groups is 1. The third-order valence-electron chi connectivity index (χ3n) is 6.11. The van der Waals surface area contributed by atoms with Gasteiger partial charge in [-0.25, -0.2) is 9.97 Å². The quantitative estimate of drug-likeness (QED) is 0.341. The fraction of sp³-hybridized carbons (Fsp3) is 0.240. The predicted octanol–water partition coefficient (Wildman–Crippen LogP) is 4.87. The van der Waals surface area contributed by atoms with Gasteiger partial charge in [-0.3, -0.25) is 5.10 Å². The first-order valence-corrected chi connectivity index (χ1v) is 13.1. The van der Waals surface area contributed by atoms with Crippen LogP contribution in [0.2, 0.25) is 0 Å². The Bertz CT molecular complexity index is 1460. The van der Waals surface area contributed by atoms with Crippen molar-refractivity contribution in [1.82, 2.24) is 20.2 Å². The van der Waals surface area contributed by atoms with Crippen molar-refractivity contribution in [2.75, 3.05) is 37.5 Å². The van der Waals surface area contributed by atoms with Crippen molar-refractivity contribution < 1.29 is 9.84 Å². The van der Waals surface area contributed by atoms with E-state index in [9.17, 15) is 5.11 Å². The highest BCUT2D eigenvalue weighted by atomic mass is 32.2. The number of hydrogen-bond donors (Lipinski definition) is 2. The lowest BCUT2D eigenvalue weighted by Crippen LogP contribution is -2.36. The summed E-state index contributed by atoms with van der Waals surface area (Å²) in [7, 11) is 0. The standard InChI is InChI=1S/C25H23N5O2S2/c1-33-16-7-5-15(6-8-16)22(31)21-13-20-23(34-21)25(30-9-11-32-12-10-30)28-24(27-20)17-3-2-4-19-18(17)14-26-29-19/h2-8,13-14,22,31H,9-12H2,1H3,(H,26,29). The topological polar surface area (TPSA) is 87.2 Å². The van der Waals surface area contributed by atoms with Crippen LogP contribution in [-0.4, -0.2) is 57.8 Å². The summed E-state index contributed by atoms with van der Waals surface area (Å²) in [6, 6.07) is 16.1. The molecule has 5 aromatic rings. The molecule has 0 amide bonds. The summed E-state index contributed by atoms with van der Waals surface area (Å²) in [6.45, 7) is 2.88.